The van der Waals surface area contributed by atoms with Crippen molar-refractivity contribution in [3.05, 3.63) is 27.9 Å². The van der Waals surface area contributed by atoms with Crippen molar-refractivity contribution < 1.29 is 22.7 Å². The van der Waals surface area contributed by atoms with Gasteiger partial charge in [-0.2, -0.15) is 11.3 Å². The van der Waals surface area contributed by atoms with E-state index in [9.17, 15) is 18.0 Å². The number of carbonyl (C=O) groups is 2. The molecule has 3 heterocycles. The van der Waals surface area contributed by atoms with E-state index in [1.165, 1.54) is 11.3 Å². The van der Waals surface area contributed by atoms with Crippen LogP contribution >= 0.6 is 22.7 Å². The highest BCUT2D eigenvalue weighted by Crippen LogP contribution is 2.26. The minimum absolute atomic E-state index is 0.0143. The van der Waals surface area contributed by atoms with Gasteiger partial charge >= 0.3 is 5.97 Å². The monoisotopic (exact) mass is 414 g/mol. The highest BCUT2D eigenvalue weighted by atomic mass is 32.2. The molecular formula is C16H18N2O5S3. The standard InChI is InChI=1S/C16H18N2O5S3/c1-16(3-5-26(21,22)10-16)18-13(19)7-23-14(20)6-12-9-25-15(17-12)11-2-4-24-8-11/h2,4,8-9H,3,5-7,10H2,1H3,(H,18,19)/t16-/m0/s1. The maximum absolute atomic E-state index is 11.9. The Morgan fingerprint density at radius 3 is 2.85 bits per heavy atom. The Kier molecular flexibility index (Phi) is 5.44. The number of carbonyl (C=O) groups excluding carboxylic acids is 2. The molecule has 1 aliphatic heterocycles. The number of rotatable bonds is 6. The van der Waals surface area contributed by atoms with Gasteiger partial charge in [0.25, 0.3) is 5.91 Å². The van der Waals surface area contributed by atoms with Crippen LogP contribution in [0, 0.1) is 0 Å². The van der Waals surface area contributed by atoms with Gasteiger partial charge in [-0.3, -0.25) is 9.59 Å². The summed E-state index contributed by atoms with van der Waals surface area (Å²) in [5, 5.41) is 9.21. The highest BCUT2D eigenvalue weighted by molar-refractivity contribution is 7.91. The molecule has 0 spiro atoms. The molecule has 3 rings (SSSR count). The number of hydrogen-bond acceptors (Lipinski definition) is 8. The number of thiazole rings is 1. The first-order chi connectivity index (χ1) is 12.2. The molecule has 1 aliphatic rings. The van der Waals surface area contributed by atoms with Crippen LogP contribution in [0.1, 0.15) is 19.0 Å². The average Bonchev–Trinajstić information content (AvgIpc) is 3.26. The summed E-state index contributed by atoms with van der Waals surface area (Å²) in [6, 6.07) is 1.96. The van der Waals surface area contributed by atoms with Crippen LogP contribution in [-0.2, 0) is 30.6 Å². The highest BCUT2D eigenvalue weighted by Gasteiger charge is 2.39. The summed E-state index contributed by atoms with van der Waals surface area (Å²) in [6.07, 6.45) is 0.346. The summed E-state index contributed by atoms with van der Waals surface area (Å²) in [7, 11) is -3.12. The topological polar surface area (TPSA) is 102 Å². The van der Waals surface area contributed by atoms with E-state index in [0.717, 1.165) is 10.6 Å². The lowest BCUT2D eigenvalue weighted by atomic mass is 10.0. The molecule has 0 aromatic carbocycles. The Balaban J connectivity index is 1.46. The first-order valence-corrected chi connectivity index (χ1v) is 11.5. The third kappa shape index (κ3) is 4.89. The van der Waals surface area contributed by atoms with Gasteiger partial charge in [0, 0.05) is 16.3 Å². The second-order valence-corrected chi connectivity index (χ2v) is 10.3. The maximum atomic E-state index is 11.9. The van der Waals surface area contributed by atoms with Crippen LogP contribution < -0.4 is 5.32 Å². The van der Waals surface area contributed by atoms with E-state index >= 15 is 0 Å². The van der Waals surface area contributed by atoms with Crippen molar-refractivity contribution in [2.24, 2.45) is 0 Å². The summed E-state index contributed by atoms with van der Waals surface area (Å²) in [5.74, 6) is -1.09. The molecular weight excluding hydrogens is 396 g/mol. The number of ether oxygens (including phenoxy) is 1. The molecule has 0 aliphatic carbocycles. The fourth-order valence-corrected chi connectivity index (χ4v) is 6.36. The van der Waals surface area contributed by atoms with Crippen LogP contribution in [0.15, 0.2) is 22.2 Å². The van der Waals surface area contributed by atoms with E-state index in [1.807, 2.05) is 16.8 Å². The fourth-order valence-electron chi connectivity index (χ4n) is 2.73. The third-order valence-corrected chi connectivity index (χ3v) is 7.48. The van der Waals surface area contributed by atoms with Crippen LogP contribution in [0.5, 0.6) is 0 Å². The Morgan fingerprint density at radius 2 is 2.19 bits per heavy atom. The zero-order valence-corrected chi connectivity index (χ0v) is 16.5. The predicted molar refractivity (Wildman–Crippen MR) is 99.9 cm³/mol. The summed E-state index contributed by atoms with van der Waals surface area (Å²) in [6.45, 7) is 1.24. The van der Waals surface area contributed by atoms with Crippen molar-refractivity contribution in [3.63, 3.8) is 0 Å². The molecule has 7 nitrogen and oxygen atoms in total. The third-order valence-electron chi connectivity index (χ3n) is 3.95. The zero-order valence-electron chi connectivity index (χ0n) is 14.1. The van der Waals surface area contributed by atoms with Gasteiger partial charge in [-0.25, -0.2) is 13.4 Å². The number of nitrogens with zero attached hydrogens (tertiary/aromatic N) is 1. The molecule has 0 bridgehead atoms. The lowest BCUT2D eigenvalue weighted by Gasteiger charge is -2.23. The van der Waals surface area contributed by atoms with Crippen LogP contribution in [0.2, 0.25) is 0 Å². The Hall–Kier alpha value is -1.78. The van der Waals surface area contributed by atoms with Gasteiger partial charge in [0.1, 0.15) is 5.01 Å². The molecule has 140 valence electrons. The number of nitrogens with one attached hydrogen (secondary N) is 1. The zero-order chi connectivity index (χ0) is 18.8. The van der Waals surface area contributed by atoms with Crippen LogP contribution in [0.25, 0.3) is 10.6 Å². The average molecular weight is 415 g/mol. The molecule has 1 atom stereocenters. The number of esters is 1. The molecule has 1 fully saturated rings. The summed E-state index contributed by atoms with van der Waals surface area (Å²) in [4.78, 5) is 28.2. The molecule has 1 amide bonds. The number of hydrogen-bond donors (Lipinski definition) is 1. The first-order valence-electron chi connectivity index (χ1n) is 7.89. The van der Waals surface area contributed by atoms with Gasteiger partial charge in [-0.1, -0.05) is 0 Å². The van der Waals surface area contributed by atoms with E-state index in [0.29, 0.717) is 12.1 Å². The van der Waals surface area contributed by atoms with Crippen molar-refractivity contribution in [2.75, 3.05) is 18.1 Å². The van der Waals surface area contributed by atoms with Crippen molar-refractivity contribution in [2.45, 2.75) is 25.3 Å². The van der Waals surface area contributed by atoms with E-state index < -0.39 is 33.9 Å². The van der Waals surface area contributed by atoms with E-state index in [4.69, 9.17) is 4.74 Å². The summed E-state index contributed by atoms with van der Waals surface area (Å²) >= 11 is 3.02. The van der Waals surface area contributed by atoms with Gasteiger partial charge in [0.05, 0.1) is 29.2 Å². The number of amides is 1. The van der Waals surface area contributed by atoms with E-state index in [1.54, 1.807) is 23.6 Å². The molecule has 1 N–H and O–H groups in total. The number of sulfone groups is 1. The summed E-state index contributed by atoms with van der Waals surface area (Å²) < 4.78 is 28.1. The Morgan fingerprint density at radius 1 is 1.38 bits per heavy atom. The van der Waals surface area contributed by atoms with Crippen molar-refractivity contribution in [1.82, 2.24) is 10.3 Å². The van der Waals surface area contributed by atoms with Crippen molar-refractivity contribution in [1.29, 1.82) is 0 Å². The molecule has 26 heavy (non-hydrogen) atoms. The Labute approximate surface area is 159 Å². The van der Waals surface area contributed by atoms with Gasteiger partial charge in [-0.05, 0) is 24.8 Å². The second kappa shape index (κ2) is 7.45. The number of thiophene rings is 1. The molecule has 0 radical (unpaired) electrons. The smallest absolute Gasteiger partial charge is 0.312 e. The minimum atomic E-state index is -3.12. The van der Waals surface area contributed by atoms with Gasteiger partial charge in [-0.15, -0.1) is 11.3 Å². The molecule has 0 saturated carbocycles. The van der Waals surface area contributed by atoms with Crippen molar-refractivity contribution in [3.8, 4) is 10.6 Å². The van der Waals surface area contributed by atoms with Gasteiger partial charge in [0.15, 0.2) is 16.4 Å². The molecule has 10 heteroatoms. The minimum Gasteiger partial charge on any atom is -0.455 e. The molecule has 2 aromatic heterocycles. The summed E-state index contributed by atoms with van der Waals surface area (Å²) in [5.41, 5.74) is 0.807. The SMILES string of the molecule is C[C@]1(NC(=O)COC(=O)Cc2csc(-c3ccsc3)n2)CCS(=O)(=O)C1. The second-order valence-electron chi connectivity index (χ2n) is 6.44. The van der Waals surface area contributed by atoms with E-state index in [-0.39, 0.29) is 17.9 Å². The lowest BCUT2D eigenvalue weighted by molar-refractivity contribution is -0.148. The van der Waals surface area contributed by atoms with E-state index in [2.05, 4.69) is 10.3 Å². The Bertz CT molecular complexity index is 904. The first kappa shape index (κ1) is 19.0. The lowest BCUT2D eigenvalue weighted by Crippen LogP contribution is -2.48. The molecule has 0 unspecified atom stereocenters. The maximum Gasteiger partial charge on any atom is 0.312 e. The van der Waals surface area contributed by atoms with Gasteiger partial charge < -0.3 is 10.1 Å². The normalized spacial score (nSPS) is 21.4. The predicted octanol–water partition coefficient (Wildman–Crippen LogP) is 1.65. The fraction of sp³-hybridized carbons (Fsp3) is 0.438. The molecule has 2 aromatic rings. The van der Waals surface area contributed by atoms with Gasteiger partial charge in [0.2, 0.25) is 0 Å². The van der Waals surface area contributed by atoms with Crippen LogP contribution in [-0.4, -0.2) is 48.9 Å². The van der Waals surface area contributed by atoms with Crippen LogP contribution in [0.4, 0.5) is 0 Å². The van der Waals surface area contributed by atoms with Crippen molar-refractivity contribution >= 4 is 44.4 Å². The number of aromatic nitrogens is 1. The van der Waals surface area contributed by atoms with Crippen LogP contribution in [0.3, 0.4) is 0 Å². The molecule has 1 saturated heterocycles. The largest absolute Gasteiger partial charge is 0.455 e. The quantitative estimate of drug-likeness (QED) is 0.721.